The van der Waals surface area contributed by atoms with Gasteiger partial charge in [0, 0.05) is 27.2 Å². The molecule has 1 aromatic carbocycles. The first-order valence-electron chi connectivity index (χ1n) is 9.57. The number of aliphatic imine (C=N–C) groups is 1. The fourth-order valence-corrected chi connectivity index (χ4v) is 3.34. The van der Waals surface area contributed by atoms with Crippen molar-refractivity contribution in [2.75, 3.05) is 40.3 Å². The molecular weight excluding hydrogens is 442 g/mol. The van der Waals surface area contributed by atoms with Crippen LogP contribution in [0.5, 0.6) is 0 Å². The summed E-state index contributed by atoms with van der Waals surface area (Å²) in [4.78, 5) is 9.02. The highest BCUT2D eigenvalue weighted by Crippen LogP contribution is 2.10. The maximum atomic E-state index is 13.0. The zero-order valence-electron chi connectivity index (χ0n) is 16.2. The van der Waals surface area contributed by atoms with E-state index in [9.17, 15) is 4.39 Å². The first-order valence-corrected chi connectivity index (χ1v) is 9.57. The maximum Gasteiger partial charge on any atom is 0.193 e. The lowest BCUT2D eigenvalue weighted by Crippen LogP contribution is -2.38. The molecule has 6 heteroatoms. The van der Waals surface area contributed by atoms with Crippen LogP contribution in [0.1, 0.15) is 44.1 Å². The van der Waals surface area contributed by atoms with E-state index >= 15 is 0 Å². The van der Waals surface area contributed by atoms with Gasteiger partial charge in [0.25, 0.3) is 0 Å². The molecule has 1 aliphatic heterocycles. The predicted molar refractivity (Wildman–Crippen MR) is 119 cm³/mol. The average molecular weight is 476 g/mol. The molecule has 1 fully saturated rings. The van der Waals surface area contributed by atoms with Crippen molar-refractivity contribution in [3.8, 4) is 0 Å². The van der Waals surface area contributed by atoms with Crippen LogP contribution in [0.4, 0.5) is 4.39 Å². The summed E-state index contributed by atoms with van der Waals surface area (Å²) >= 11 is 0. The number of hydrogen-bond acceptors (Lipinski definition) is 2. The van der Waals surface area contributed by atoms with Crippen molar-refractivity contribution in [3.63, 3.8) is 0 Å². The van der Waals surface area contributed by atoms with Gasteiger partial charge in [-0.3, -0.25) is 4.99 Å². The van der Waals surface area contributed by atoms with Crippen molar-refractivity contribution in [2.24, 2.45) is 4.99 Å². The molecule has 0 atom stereocenters. The molecule has 148 valence electrons. The summed E-state index contributed by atoms with van der Waals surface area (Å²) < 4.78 is 13.0. The van der Waals surface area contributed by atoms with Gasteiger partial charge < -0.3 is 15.1 Å². The number of piperidine rings is 1. The van der Waals surface area contributed by atoms with Gasteiger partial charge >= 0.3 is 0 Å². The molecule has 0 saturated carbocycles. The Balaban J connectivity index is 0.00000338. The molecular formula is C20H34FIN4. The summed E-state index contributed by atoms with van der Waals surface area (Å²) in [6, 6.07) is 6.64. The van der Waals surface area contributed by atoms with E-state index in [-0.39, 0.29) is 29.8 Å². The topological polar surface area (TPSA) is 30.9 Å². The second kappa shape index (κ2) is 13.3. The normalized spacial score (nSPS) is 15.4. The molecule has 26 heavy (non-hydrogen) atoms. The first-order chi connectivity index (χ1) is 12.2. The minimum absolute atomic E-state index is 0. The number of rotatable bonds is 8. The van der Waals surface area contributed by atoms with Crippen molar-refractivity contribution < 1.29 is 4.39 Å². The van der Waals surface area contributed by atoms with Gasteiger partial charge in [0.15, 0.2) is 5.96 Å². The predicted octanol–water partition coefficient (Wildman–Crippen LogP) is 4.11. The highest BCUT2D eigenvalue weighted by atomic mass is 127. The van der Waals surface area contributed by atoms with E-state index in [0.29, 0.717) is 0 Å². The lowest BCUT2D eigenvalue weighted by Gasteiger charge is -2.26. The Hall–Kier alpha value is -0.890. The highest BCUT2D eigenvalue weighted by Gasteiger charge is 2.09. The Labute approximate surface area is 175 Å². The Bertz CT molecular complexity index is 515. The molecule has 1 heterocycles. The highest BCUT2D eigenvalue weighted by molar-refractivity contribution is 14.0. The second-order valence-electron chi connectivity index (χ2n) is 6.92. The Morgan fingerprint density at radius 1 is 1.12 bits per heavy atom. The van der Waals surface area contributed by atoms with Crippen molar-refractivity contribution in [1.29, 1.82) is 0 Å². The van der Waals surface area contributed by atoms with E-state index in [2.05, 4.69) is 20.1 Å². The second-order valence-corrected chi connectivity index (χ2v) is 6.92. The average Bonchev–Trinajstić information content (AvgIpc) is 2.64. The standard InChI is InChI=1S/C20H33FN4.HI/c1-22-20(24(2)17-18-9-11-19(21)12-10-18)23-13-5-3-6-14-25-15-7-4-8-16-25;/h9-12H,3-8,13-17H2,1-2H3,(H,22,23);1H. The maximum absolute atomic E-state index is 13.0. The first kappa shape index (κ1) is 23.1. The quantitative estimate of drug-likeness (QED) is 0.265. The van der Waals surface area contributed by atoms with Crippen LogP contribution in [0.2, 0.25) is 0 Å². The third kappa shape index (κ3) is 8.66. The van der Waals surface area contributed by atoms with Crippen LogP contribution in [0, 0.1) is 5.82 Å². The molecule has 1 aliphatic rings. The number of nitrogens with zero attached hydrogens (tertiary/aromatic N) is 3. The molecule has 0 amide bonds. The molecule has 0 unspecified atom stereocenters. The molecule has 0 bridgehead atoms. The minimum atomic E-state index is -0.196. The molecule has 0 aromatic heterocycles. The van der Waals surface area contributed by atoms with E-state index < -0.39 is 0 Å². The van der Waals surface area contributed by atoms with E-state index in [4.69, 9.17) is 0 Å². The van der Waals surface area contributed by atoms with Crippen LogP contribution < -0.4 is 5.32 Å². The SMILES string of the molecule is CN=C(NCCCCCN1CCCCC1)N(C)Cc1ccc(F)cc1.I. The Morgan fingerprint density at radius 2 is 1.81 bits per heavy atom. The number of hydrogen-bond donors (Lipinski definition) is 1. The monoisotopic (exact) mass is 476 g/mol. The summed E-state index contributed by atoms with van der Waals surface area (Å²) in [5, 5.41) is 3.43. The minimum Gasteiger partial charge on any atom is -0.356 e. The summed E-state index contributed by atoms with van der Waals surface area (Å²) in [5.74, 6) is 0.693. The van der Waals surface area contributed by atoms with Gasteiger partial charge in [-0.2, -0.15) is 0 Å². The van der Waals surface area contributed by atoms with Crippen LogP contribution in [-0.4, -0.2) is 56.0 Å². The number of halogens is 2. The van der Waals surface area contributed by atoms with Gasteiger partial charge in [-0.1, -0.05) is 25.0 Å². The fraction of sp³-hybridized carbons (Fsp3) is 0.650. The smallest absolute Gasteiger partial charge is 0.193 e. The lowest BCUT2D eigenvalue weighted by molar-refractivity contribution is 0.224. The van der Waals surface area contributed by atoms with Gasteiger partial charge in [0.1, 0.15) is 5.82 Å². The van der Waals surface area contributed by atoms with Crippen molar-refractivity contribution >= 4 is 29.9 Å². The van der Waals surface area contributed by atoms with Gasteiger partial charge in [0.2, 0.25) is 0 Å². The lowest BCUT2D eigenvalue weighted by atomic mass is 10.1. The molecule has 4 nitrogen and oxygen atoms in total. The van der Waals surface area contributed by atoms with Crippen molar-refractivity contribution in [2.45, 2.75) is 45.1 Å². The molecule has 0 spiro atoms. The largest absolute Gasteiger partial charge is 0.356 e. The third-order valence-corrected chi connectivity index (χ3v) is 4.79. The van der Waals surface area contributed by atoms with Gasteiger partial charge in [-0.15, -0.1) is 24.0 Å². The zero-order chi connectivity index (χ0) is 17.9. The van der Waals surface area contributed by atoms with Gasteiger partial charge in [-0.25, -0.2) is 4.39 Å². The number of likely N-dealkylation sites (tertiary alicyclic amines) is 1. The van der Waals surface area contributed by atoms with Crippen LogP contribution >= 0.6 is 24.0 Å². The van der Waals surface area contributed by atoms with Gasteiger partial charge in [-0.05, 0) is 63.0 Å². The van der Waals surface area contributed by atoms with E-state index in [1.165, 1.54) is 63.9 Å². The zero-order valence-corrected chi connectivity index (χ0v) is 18.5. The van der Waals surface area contributed by atoms with Crippen molar-refractivity contribution in [3.05, 3.63) is 35.6 Å². The summed E-state index contributed by atoms with van der Waals surface area (Å²) in [6.07, 6.45) is 7.85. The fourth-order valence-electron chi connectivity index (χ4n) is 3.34. The molecule has 1 aromatic rings. The number of unbranched alkanes of at least 4 members (excludes halogenated alkanes) is 2. The van der Waals surface area contributed by atoms with Crippen LogP contribution in [-0.2, 0) is 6.54 Å². The van der Waals surface area contributed by atoms with E-state index in [1.807, 2.05) is 19.2 Å². The summed E-state index contributed by atoms with van der Waals surface area (Å²) in [6.45, 7) is 5.49. The molecule has 0 aliphatic carbocycles. The number of nitrogens with one attached hydrogen (secondary N) is 1. The van der Waals surface area contributed by atoms with Crippen LogP contribution in [0.25, 0.3) is 0 Å². The number of guanidine groups is 1. The Morgan fingerprint density at radius 3 is 2.46 bits per heavy atom. The molecule has 2 rings (SSSR count). The van der Waals surface area contributed by atoms with E-state index in [1.54, 1.807) is 7.05 Å². The van der Waals surface area contributed by atoms with Crippen LogP contribution in [0.3, 0.4) is 0 Å². The molecule has 1 N–H and O–H groups in total. The summed E-state index contributed by atoms with van der Waals surface area (Å²) in [7, 11) is 3.81. The molecule has 1 saturated heterocycles. The number of benzene rings is 1. The van der Waals surface area contributed by atoms with Gasteiger partial charge in [0.05, 0.1) is 0 Å². The Kier molecular flexibility index (Phi) is 11.8. The third-order valence-electron chi connectivity index (χ3n) is 4.79. The molecule has 0 radical (unpaired) electrons. The van der Waals surface area contributed by atoms with Crippen molar-refractivity contribution in [1.82, 2.24) is 15.1 Å². The van der Waals surface area contributed by atoms with E-state index in [0.717, 1.165) is 31.0 Å². The van der Waals surface area contributed by atoms with Crippen LogP contribution in [0.15, 0.2) is 29.3 Å². The summed E-state index contributed by atoms with van der Waals surface area (Å²) in [5.41, 5.74) is 1.08.